The van der Waals surface area contributed by atoms with Gasteiger partial charge in [-0.15, -0.1) is 0 Å². The minimum absolute atomic E-state index is 0.870. The van der Waals surface area contributed by atoms with Crippen molar-refractivity contribution >= 4 is 12.2 Å². The molecule has 2 aromatic rings. The lowest BCUT2D eigenvalue weighted by molar-refractivity contribution is 0.414. The van der Waals surface area contributed by atoms with Crippen LogP contribution >= 0.6 is 0 Å². The van der Waals surface area contributed by atoms with E-state index in [9.17, 15) is 0 Å². The molecule has 0 spiro atoms. The molecule has 0 aliphatic rings. The molecular weight excluding hydrogens is 272 g/mol. The first kappa shape index (κ1) is 15.6. The van der Waals surface area contributed by atoms with E-state index in [2.05, 4.69) is 12.2 Å². The van der Waals surface area contributed by atoms with E-state index >= 15 is 0 Å². The summed E-state index contributed by atoms with van der Waals surface area (Å²) < 4.78 is 10.3. The van der Waals surface area contributed by atoms with Gasteiger partial charge >= 0.3 is 0 Å². The molecule has 0 fully saturated rings. The van der Waals surface area contributed by atoms with Crippen LogP contribution in [0.5, 0.6) is 11.5 Å². The van der Waals surface area contributed by atoms with E-state index in [0.717, 1.165) is 22.6 Å². The van der Waals surface area contributed by atoms with Crippen LogP contribution in [-0.2, 0) is 0 Å². The van der Waals surface area contributed by atoms with Gasteiger partial charge < -0.3 is 9.47 Å². The first-order valence-electron chi connectivity index (χ1n) is 7.11. The number of hydrogen-bond donors (Lipinski definition) is 0. The summed E-state index contributed by atoms with van der Waals surface area (Å²) in [5.74, 6) is 1.74. The Kier molecular flexibility index (Phi) is 6.06. The zero-order chi connectivity index (χ0) is 15.6. The molecule has 2 aromatic carbocycles. The van der Waals surface area contributed by atoms with Crippen LogP contribution < -0.4 is 9.47 Å². The van der Waals surface area contributed by atoms with Crippen molar-refractivity contribution in [3.63, 3.8) is 0 Å². The van der Waals surface area contributed by atoms with E-state index in [0.29, 0.717) is 0 Å². The Morgan fingerprint density at radius 3 is 1.23 bits per heavy atom. The number of hydrogen-bond acceptors (Lipinski definition) is 2. The molecule has 0 atom stereocenters. The number of rotatable bonds is 6. The van der Waals surface area contributed by atoms with Gasteiger partial charge in [0.2, 0.25) is 0 Å². The molecule has 22 heavy (non-hydrogen) atoms. The van der Waals surface area contributed by atoms with Crippen molar-refractivity contribution < 1.29 is 9.47 Å². The SMILES string of the molecule is COc1ccc(C=CC=CC=Cc2ccc(OC)cc2)cc1. The van der Waals surface area contributed by atoms with Gasteiger partial charge in [-0.1, -0.05) is 60.7 Å². The molecule has 0 N–H and O–H groups in total. The van der Waals surface area contributed by atoms with Crippen LogP contribution in [0.1, 0.15) is 11.1 Å². The summed E-state index contributed by atoms with van der Waals surface area (Å²) in [6.07, 6.45) is 12.1. The smallest absolute Gasteiger partial charge is 0.118 e. The molecule has 2 nitrogen and oxygen atoms in total. The van der Waals surface area contributed by atoms with E-state index in [4.69, 9.17) is 9.47 Å². The maximum atomic E-state index is 5.13. The highest BCUT2D eigenvalue weighted by molar-refractivity contribution is 5.54. The molecule has 0 aliphatic carbocycles. The third kappa shape index (κ3) is 4.98. The van der Waals surface area contributed by atoms with Crippen molar-refractivity contribution in [3.8, 4) is 11.5 Å². The van der Waals surface area contributed by atoms with Gasteiger partial charge in [-0.05, 0) is 35.4 Å². The lowest BCUT2D eigenvalue weighted by Crippen LogP contribution is -1.81. The average Bonchev–Trinajstić information content (AvgIpc) is 2.59. The van der Waals surface area contributed by atoms with Gasteiger partial charge in [0.1, 0.15) is 11.5 Å². The van der Waals surface area contributed by atoms with Gasteiger partial charge in [-0.3, -0.25) is 0 Å². The Bertz CT molecular complexity index is 588. The number of benzene rings is 2. The van der Waals surface area contributed by atoms with Gasteiger partial charge in [-0.2, -0.15) is 0 Å². The average molecular weight is 292 g/mol. The fraction of sp³-hybridized carbons (Fsp3) is 0.100. The third-order valence-corrected chi connectivity index (χ3v) is 3.14. The molecule has 0 amide bonds. The highest BCUT2D eigenvalue weighted by Crippen LogP contribution is 2.13. The molecule has 0 aliphatic heterocycles. The van der Waals surface area contributed by atoms with E-state index in [1.54, 1.807) is 14.2 Å². The predicted molar refractivity (Wildman–Crippen MR) is 93.2 cm³/mol. The normalized spacial score (nSPS) is 11.5. The Balaban J connectivity index is 1.85. The standard InChI is InChI=1S/C20H20O2/c1-21-19-13-9-17(10-14-19)7-5-3-4-6-8-18-11-15-20(22-2)16-12-18/h3-16H,1-2H3. The number of ether oxygens (including phenoxy) is 2. The molecule has 112 valence electrons. The molecule has 2 heteroatoms. The summed E-state index contributed by atoms with van der Waals surface area (Å²) in [5, 5.41) is 0. The zero-order valence-electron chi connectivity index (χ0n) is 12.9. The predicted octanol–water partition coefficient (Wildman–Crippen LogP) is 4.99. The second-order valence-electron chi connectivity index (χ2n) is 4.65. The van der Waals surface area contributed by atoms with Crippen LogP contribution in [0, 0.1) is 0 Å². The summed E-state index contributed by atoms with van der Waals surface area (Å²) in [5.41, 5.74) is 2.29. The Morgan fingerprint density at radius 1 is 0.545 bits per heavy atom. The monoisotopic (exact) mass is 292 g/mol. The van der Waals surface area contributed by atoms with Crippen molar-refractivity contribution in [1.82, 2.24) is 0 Å². The largest absolute Gasteiger partial charge is 0.497 e. The van der Waals surface area contributed by atoms with Crippen molar-refractivity contribution in [2.24, 2.45) is 0 Å². The van der Waals surface area contributed by atoms with E-state index in [1.807, 2.05) is 72.8 Å². The lowest BCUT2D eigenvalue weighted by Gasteiger charge is -1.98. The molecule has 0 heterocycles. The second kappa shape index (κ2) is 8.53. The molecule has 0 radical (unpaired) electrons. The molecule has 0 saturated carbocycles. The van der Waals surface area contributed by atoms with Crippen LogP contribution in [0.25, 0.3) is 12.2 Å². The van der Waals surface area contributed by atoms with Gasteiger partial charge in [0, 0.05) is 0 Å². The van der Waals surface area contributed by atoms with E-state index < -0.39 is 0 Å². The fourth-order valence-corrected chi connectivity index (χ4v) is 1.89. The molecule has 0 aromatic heterocycles. The van der Waals surface area contributed by atoms with Crippen LogP contribution in [0.3, 0.4) is 0 Å². The van der Waals surface area contributed by atoms with Crippen LogP contribution in [-0.4, -0.2) is 14.2 Å². The highest BCUT2D eigenvalue weighted by Gasteiger charge is 1.89. The number of allylic oxidation sites excluding steroid dienone is 4. The Labute approximate surface area is 132 Å². The van der Waals surface area contributed by atoms with Crippen molar-refractivity contribution in [2.75, 3.05) is 14.2 Å². The van der Waals surface area contributed by atoms with Gasteiger partial charge in [0.25, 0.3) is 0 Å². The van der Waals surface area contributed by atoms with Crippen LogP contribution in [0.4, 0.5) is 0 Å². The molecular formula is C20H20O2. The second-order valence-corrected chi connectivity index (χ2v) is 4.65. The van der Waals surface area contributed by atoms with Gasteiger partial charge in [-0.25, -0.2) is 0 Å². The van der Waals surface area contributed by atoms with Crippen LogP contribution in [0.2, 0.25) is 0 Å². The Hall–Kier alpha value is -2.74. The maximum Gasteiger partial charge on any atom is 0.118 e. The van der Waals surface area contributed by atoms with Gasteiger partial charge in [0.15, 0.2) is 0 Å². The first-order valence-corrected chi connectivity index (χ1v) is 7.11. The van der Waals surface area contributed by atoms with E-state index in [1.165, 1.54) is 0 Å². The minimum Gasteiger partial charge on any atom is -0.497 e. The van der Waals surface area contributed by atoms with Gasteiger partial charge in [0.05, 0.1) is 14.2 Å². The molecule has 0 bridgehead atoms. The fourth-order valence-electron chi connectivity index (χ4n) is 1.89. The third-order valence-electron chi connectivity index (χ3n) is 3.14. The van der Waals surface area contributed by atoms with Crippen LogP contribution in [0.15, 0.2) is 72.8 Å². The van der Waals surface area contributed by atoms with Crippen molar-refractivity contribution in [3.05, 3.63) is 84.0 Å². The van der Waals surface area contributed by atoms with Crippen molar-refractivity contribution in [2.45, 2.75) is 0 Å². The Morgan fingerprint density at radius 2 is 0.909 bits per heavy atom. The highest BCUT2D eigenvalue weighted by atomic mass is 16.5. The molecule has 0 unspecified atom stereocenters. The summed E-state index contributed by atoms with van der Waals surface area (Å²) in [7, 11) is 3.34. The van der Waals surface area contributed by atoms with Crippen molar-refractivity contribution in [1.29, 1.82) is 0 Å². The summed E-state index contributed by atoms with van der Waals surface area (Å²) in [6, 6.07) is 15.9. The van der Waals surface area contributed by atoms with E-state index in [-0.39, 0.29) is 0 Å². The topological polar surface area (TPSA) is 18.5 Å². The maximum absolute atomic E-state index is 5.13. The summed E-state index contributed by atoms with van der Waals surface area (Å²) >= 11 is 0. The molecule has 0 saturated heterocycles. The summed E-state index contributed by atoms with van der Waals surface area (Å²) in [4.78, 5) is 0. The number of methoxy groups -OCH3 is 2. The minimum atomic E-state index is 0.870. The molecule has 2 rings (SSSR count). The summed E-state index contributed by atoms with van der Waals surface area (Å²) in [6.45, 7) is 0. The zero-order valence-corrected chi connectivity index (χ0v) is 12.9. The lowest BCUT2D eigenvalue weighted by atomic mass is 10.2. The first-order chi connectivity index (χ1) is 10.8. The quantitative estimate of drug-likeness (QED) is 0.699.